The lowest BCUT2D eigenvalue weighted by atomic mass is 10.2. The van der Waals surface area contributed by atoms with Gasteiger partial charge in [0.15, 0.2) is 0 Å². The highest BCUT2D eigenvalue weighted by Gasteiger charge is 2.25. The fraction of sp³-hybridized carbons (Fsp3) is 0.200. The van der Waals surface area contributed by atoms with Crippen LogP contribution in [0.1, 0.15) is 12.5 Å². The lowest BCUT2D eigenvalue weighted by Gasteiger charge is -2.24. The number of anilines is 2. The van der Waals surface area contributed by atoms with Gasteiger partial charge in [-0.05, 0) is 43.7 Å². The van der Waals surface area contributed by atoms with Crippen LogP contribution in [0.15, 0.2) is 53.4 Å². The minimum Gasteiger partial charge on any atom is -0.399 e. The summed E-state index contributed by atoms with van der Waals surface area (Å²) in [5, 5.41) is 0. The van der Waals surface area contributed by atoms with Crippen LogP contribution in [0.25, 0.3) is 0 Å². The molecule has 0 spiro atoms. The number of benzene rings is 2. The van der Waals surface area contributed by atoms with E-state index in [1.807, 2.05) is 25.1 Å². The van der Waals surface area contributed by atoms with Crippen molar-refractivity contribution in [3.8, 4) is 0 Å². The van der Waals surface area contributed by atoms with Gasteiger partial charge in [-0.3, -0.25) is 4.31 Å². The molecule has 2 aromatic rings. The minimum absolute atomic E-state index is 0.253. The SMILES string of the molecule is CCN(c1ccccc1)S(=O)(=O)c1cc(N)ccc1C. The van der Waals surface area contributed by atoms with Crippen molar-refractivity contribution in [3.05, 3.63) is 54.1 Å². The van der Waals surface area contributed by atoms with Crippen LogP contribution < -0.4 is 10.0 Å². The number of aryl methyl sites for hydroxylation is 1. The highest BCUT2D eigenvalue weighted by Crippen LogP contribution is 2.26. The van der Waals surface area contributed by atoms with Crippen LogP contribution in [-0.4, -0.2) is 15.0 Å². The Morgan fingerprint density at radius 1 is 1.10 bits per heavy atom. The number of hydrogen-bond donors (Lipinski definition) is 1. The molecular formula is C15H18N2O2S. The number of nitrogen functional groups attached to an aromatic ring is 1. The summed E-state index contributed by atoms with van der Waals surface area (Å²) in [6.45, 7) is 3.94. The van der Waals surface area contributed by atoms with Crippen molar-refractivity contribution in [1.82, 2.24) is 0 Å². The van der Waals surface area contributed by atoms with Crippen LogP contribution >= 0.6 is 0 Å². The highest BCUT2D eigenvalue weighted by atomic mass is 32.2. The van der Waals surface area contributed by atoms with Gasteiger partial charge in [-0.2, -0.15) is 0 Å². The van der Waals surface area contributed by atoms with E-state index in [1.54, 1.807) is 31.2 Å². The largest absolute Gasteiger partial charge is 0.399 e. The van der Waals surface area contributed by atoms with Crippen molar-refractivity contribution in [2.75, 3.05) is 16.6 Å². The standard InChI is InChI=1S/C15H18N2O2S/c1-3-17(14-7-5-4-6-8-14)20(18,19)15-11-13(16)10-9-12(15)2/h4-11H,3,16H2,1-2H3. The molecule has 0 bridgehead atoms. The average Bonchev–Trinajstić information content (AvgIpc) is 2.43. The van der Waals surface area contributed by atoms with E-state index in [1.165, 1.54) is 10.4 Å². The molecule has 0 unspecified atom stereocenters. The fourth-order valence-electron chi connectivity index (χ4n) is 2.10. The van der Waals surface area contributed by atoms with Crippen LogP contribution in [0.3, 0.4) is 0 Å². The Bertz CT molecular complexity index is 697. The first kappa shape index (κ1) is 14.4. The molecular weight excluding hydrogens is 272 g/mol. The maximum Gasteiger partial charge on any atom is 0.264 e. The Balaban J connectivity index is 2.56. The number of sulfonamides is 1. The van der Waals surface area contributed by atoms with Crippen LogP contribution in [0.5, 0.6) is 0 Å². The second kappa shape index (κ2) is 5.54. The first-order valence-electron chi connectivity index (χ1n) is 6.40. The predicted molar refractivity (Wildman–Crippen MR) is 82.2 cm³/mol. The van der Waals surface area contributed by atoms with E-state index < -0.39 is 10.0 Å². The molecule has 0 aromatic heterocycles. The molecule has 2 aromatic carbocycles. The summed E-state index contributed by atoms with van der Waals surface area (Å²) in [5.74, 6) is 0. The van der Waals surface area contributed by atoms with Crippen molar-refractivity contribution >= 4 is 21.4 Å². The lowest BCUT2D eigenvalue weighted by Crippen LogP contribution is -2.31. The molecule has 106 valence electrons. The second-order valence-corrected chi connectivity index (χ2v) is 6.36. The predicted octanol–water partition coefficient (Wildman–Crippen LogP) is 2.79. The molecule has 0 aliphatic carbocycles. The molecule has 0 atom stereocenters. The third-order valence-corrected chi connectivity index (χ3v) is 5.16. The van der Waals surface area contributed by atoms with Gasteiger partial charge in [-0.15, -0.1) is 0 Å². The monoisotopic (exact) mass is 290 g/mol. The summed E-state index contributed by atoms with van der Waals surface area (Å²) in [5.41, 5.74) is 7.50. The quantitative estimate of drug-likeness (QED) is 0.881. The topological polar surface area (TPSA) is 63.4 Å². The van der Waals surface area contributed by atoms with Gasteiger partial charge in [-0.25, -0.2) is 8.42 Å². The third-order valence-electron chi connectivity index (χ3n) is 3.11. The van der Waals surface area contributed by atoms with Crippen LogP contribution in [0.4, 0.5) is 11.4 Å². The summed E-state index contributed by atoms with van der Waals surface area (Å²) >= 11 is 0. The van der Waals surface area contributed by atoms with E-state index in [9.17, 15) is 8.42 Å². The van der Waals surface area contributed by atoms with E-state index in [4.69, 9.17) is 5.73 Å². The van der Waals surface area contributed by atoms with E-state index in [0.717, 1.165) is 0 Å². The Kier molecular flexibility index (Phi) is 3.99. The van der Waals surface area contributed by atoms with Crippen molar-refractivity contribution < 1.29 is 8.42 Å². The van der Waals surface area contributed by atoms with Gasteiger partial charge in [-0.1, -0.05) is 24.3 Å². The summed E-state index contributed by atoms with van der Waals surface area (Å²) in [6.07, 6.45) is 0. The van der Waals surface area contributed by atoms with Crippen molar-refractivity contribution in [1.29, 1.82) is 0 Å². The molecule has 0 radical (unpaired) electrons. The number of hydrogen-bond acceptors (Lipinski definition) is 3. The van der Waals surface area contributed by atoms with Gasteiger partial charge < -0.3 is 5.73 Å². The Morgan fingerprint density at radius 2 is 1.75 bits per heavy atom. The van der Waals surface area contributed by atoms with E-state index >= 15 is 0 Å². The molecule has 0 aliphatic heterocycles. The van der Waals surface area contributed by atoms with Crippen molar-refractivity contribution in [3.63, 3.8) is 0 Å². The zero-order chi connectivity index (χ0) is 14.8. The van der Waals surface area contributed by atoms with Gasteiger partial charge >= 0.3 is 0 Å². The molecule has 4 nitrogen and oxygen atoms in total. The van der Waals surface area contributed by atoms with E-state index in [2.05, 4.69) is 0 Å². The normalized spacial score (nSPS) is 11.3. The van der Waals surface area contributed by atoms with Gasteiger partial charge in [0.05, 0.1) is 10.6 Å². The zero-order valence-corrected chi connectivity index (χ0v) is 12.4. The Labute approximate surface area is 119 Å². The Hall–Kier alpha value is -2.01. The zero-order valence-electron chi connectivity index (χ0n) is 11.6. The number of para-hydroxylation sites is 1. The van der Waals surface area contributed by atoms with E-state index in [0.29, 0.717) is 23.5 Å². The van der Waals surface area contributed by atoms with Gasteiger partial charge in [0.2, 0.25) is 0 Å². The van der Waals surface area contributed by atoms with Gasteiger partial charge in [0, 0.05) is 12.2 Å². The molecule has 0 saturated heterocycles. The molecule has 5 heteroatoms. The Morgan fingerprint density at radius 3 is 2.35 bits per heavy atom. The summed E-state index contributed by atoms with van der Waals surface area (Å²) in [6, 6.07) is 14.0. The van der Waals surface area contributed by atoms with Crippen molar-refractivity contribution in [2.24, 2.45) is 0 Å². The summed E-state index contributed by atoms with van der Waals surface area (Å²) < 4.78 is 27.0. The molecule has 0 amide bonds. The molecule has 0 saturated carbocycles. The number of nitrogens with two attached hydrogens (primary N) is 1. The van der Waals surface area contributed by atoms with Gasteiger partial charge in [0.1, 0.15) is 0 Å². The maximum atomic E-state index is 12.8. The van der Waals surface area contributed by atoms with E-state index in [-0.39, 0.29) is 4.90 Å². The number of rotatable bonds is 4. The minimum atomic E-state index is -3.60. The van der Waals surface area contributed by atoms with Crippen LogP contribution in [-0.2, 0) is 10.0 Å². The lowest BCUT2D eigenvalue weighted by molar-refractivity contribution is 0.591. The molecule has 2 rings (SSSR count). The smallest absolute Gasteiger partial charge is 0.264 e. The van der Waals surface area contributed by atoms with Gasteiger partial charge in [0.25, 0.3) is 10.0 Å². The summed E-state index contributed by atoms with van der Waals surface area (Å²) in [7, 11) is -3.60. The number of nitrogens with zero attached hydrogens (tertiary/aromatic N) is 1. The molecule has 2 N–H and O–H groups in total. The molecule has 0 aliphatic rings. The highest BCUT2D eigenvalue weighted by molar-refractivity contribution is 7.92. The second-order valence-electron chi connectivity index (χ2n) is 4.53. The average molecular weight is 290 g/mol. The molecule has 20 heavy (non-hydrogen) atoms. The van der Waals surface area contributed by atoms with Crippen LogP contribution in [0.2, 0.25) is 0 Å². The van der Waals surface area contributed by atoms with Crippen LogP contribution in [0, 0.1) is 6.92 Å². The molecule has 0 heterocycles. The first-order valence-corrected chi connectivity index (χ1v) is 7.84. The fourth-order valence-corrected chi connectivity index (χ4v) is 3.84. The summed E-state index contributed by atoms with van der Waals surface area (Å²) in [4.78, 5) is 0.253. The maximum absolute atomic E-state index is 12.8. The third kappa shape index (κ3) is 2.63. The first-order chi connectivity index (χ1) is 9.46. The molecule has 0 fully saturated rings. The van der Waals surface area contributed by atoms with Crippen molar-refractivity contribution in [2.45, 2.75) is 18.7 Å².